The average molecular weight is 238 g/mol. The third kappa shape index (κ3) is 1.82. The van der Waals surface area contributed by atoms with Crippen molar-refractivity contribution >= 4 is 22.9 Å². The molecule has 1 N–H and O–H groups in total. The van der Waals surface area contributed by atoms with Crippen LogP contribution < -0.4 is 3.53 Å². The van der Waals surface area contributed by atoms with Gasteiger partial charge in [0.2, 0.25) is 0 Å². The van der Waals surface area contributed by atoms with Gasteiger partial charge in [0, 0.05) is 42.0 Å². The van der Waals surface area contributed by atoms with Crippen molar-refractivity contribution in [3.63, 3.8) is 0 Å². The van der Waals surface area contributed by atoms with Crippen LogP contribution >= 0.6 is 22.9 Å². The molecule has 2 nitrogen and oxygen atoms in total. The van der Waals surface area contributed by atoms with E-state index in [0.717, 1.165) is 13.1 Å². The van der Waals surface area contributed by atoms with Crippen molar-refractivity contribution in [3.05, 3.63) is 12.8 Å². The van der Waals surface area contributed by atoms with Gasteiger partial charge < -0.3 is 4.90 Å². The van der Waals surface area contributed by atoms with Crippen LogP contribution in [0.25, 0.3) is 0 Å². The van der Waals surface area contributed by atoms with Crippen LogP contribution in [0.5, 0.6) is 0 Å². The monoisotopic (exact) mass is 238 g/mol. The van der Waals surface area contributed by atoms with Crippen molar-refractivity contribution in [2.75, 3.05) is 13.1 Å². The lowest BCUT2D eigenvalue weighted by molar-refractivity contribution is 0.459. The molecule has 1 fully saturated rings. The zero-order valence-electron chi connectivity index (χ0n) is 5.31. The summed E-state index contributed by atoms with van der Waals surface area (Å²) in [5.41, 5.74) is 0. The van der Waals surface area contributed by atoms with Crippen molar-refractivity contribution in [1.29, 1.82) is 0 Å². The van der Waals surface area contributed by atoms with E-state index in [0.29, 0.717) is 6.04 Å². The smallest absolute Gasteiger partial charge is 0.0355 e. The van der Waals surface area contributed by atoms with E-state index in [2.05, 4.69) is 37.9 Å². The van der Waals surface area contributed by atoms with Gasteiger partial charge in [-0.05, 0) is 12.6 Å². The predicted octanol–water partition coefficient (Wildman–Crippen LogP) is 1.14. The van der Waals surface area contributed by atoms with E-state index < -0.39 is 0 Å². The van der Waals surface area contributed by atoms with E-state index >= 15 is 0 Å². The Morgan fingerprint density at radius 2 is 2.56 bits per heavy atom. The van der Waals surface area contributed by atoms with Crippen LogP contribution in [0.2, 0.25) is 0 Å². The molecule has 0 amide bonds. The normalized spacial score (nSPS) is 26.8. The summed E-state index contributed by atoms with van der Waals surface area (Å²) in [6.07, 6.45) is 3.16. The molecule has 1 aliphatic heterocycles. The topological polar surface area (TPSA) is 15.3 Å². The standard InChI is InChI=1S/C6H11IN2/c1-2-9-4-3-6(5-9)8-7/h2,6,8H,1,3-5H2/t6-/m0/s1. The second kappa shape index (κ2) is 3.41. The fraction of sp³-hybridized carbons (Fsp3) is 0.667. The van der Waals surface area contributed by atoms with Crippen molar-refractivity contribution in [3.8, 4) is 0 Å². The summed E-state index contributed by atoms with van der Waals surface area (Å²) in [7, 11) is 0. The van der Waals surface area contributed by atoms with Crippen molar-refractivity contribution in [2.45, 2.75) is 12.5 Å². The van der Waals surface area contributed by atoms with Gasteiger partial charge in [0.05, 0.1) is 0 Å². The molecule has 1 aliphatic rings. The highest BCUT2D eigenvalue weighted by Crippen LogP contribution is 2.09. The zero-order valence-corrected chi connectivity index (χ0v) is 7.47. The molecule has 52 valence electrons. The molecule has 1 heterocycles. The molecule has 0 aromatic heterocycles. The molecule has 0 saturated carbocycles. The van der Waals surface area contributed by atoms with E-state index in [1.54, 1.807) is 0 Å². The summed E-state index contributed by atoms with van der Waals surface area (Å²) in [6, 6.07) is 0.670. The fourth-order valence-corrected chi connectivity index (χ4v) is 1.55. The van der Waals surface area contributed by atoms with Crippen LogP contribution in [0.3, 0.4) is 0 Å². The lowest BCUT2D eigenvalue weighted by Crippen LogP contribution is -2.23. The Kier molecular flexibility index (Phi) is 2.78. The molecule has 0 radical (unpaired) electrons. The molecule has 0 bridgehead atoms. The summed E-state index contributed by atoms with van der Waals surface area (Å²) in [5.74, 6) is 0. The minimum Gasteiger partial charge on any atom is -0.376 e. The molecule has 0 aromatic carbocycles. The van der Waals surface area contributed by atoms with Gasteiger partial charge in [-0.2, -0.15) is 0 Å². The highest BCUT2D eigenvalue weighted by atomic mass is 127. The molecule has 0 spiro atoms. The number of nitrogens with one attached hydrogen (secondary N) is 1. The maximum Gasteiger partial charge on any atom is 0.0355 e. The Morgan fingerprint density at radius 1 is 1.78 bits per heavy atom. The van der Waals surface area contributed by atoms with Gasteiger partial charge in [-0.3, -0.25) is 3.53 Å². The van der Waals surface area contributed by atoms with Crippen molar-refractivity contribution < 1.29 is 0 Å². The number of hydrogen-bond donors (Lipinski definition) is 1. The Labute approximate surface area is 69.8 Å². The van der Waals surface area contributed by atoms with Crippen LogP contribution in [0.4, 0.5) is 0 Å². The predicted molar refractivity (Wildman–Crippen MR) is 47.3 cm³/mol. The summed E-state index contributed by atoms with van der Waals surface area (Å²) in [4.78, 5) is 2.23. The number of likely N-dealkylation sites (tertiary alicyclic amines) is 1. The van der Waals surface area contributed by atoms with Gasteiger partial charge in [0.25, 0.3) is 0 Å². The minimum absolute atomic E-state index is 0.670. The first kappa shape index (κ1) is 7.34. The van der Waals surface area contributed by atoms with Crippen LogP contribution in [0.15, 0.2) is 12.8 Å². The Morgan fingerprint density at radius 3 is 2.89 bits per heavy atom. The Hall–Kier alpha value is 0.230. The molecule has 0 aromatic rings. The molecule has 0 unspecified atom stereocenters. The third-order valence-corrected chi connectivity index (χ3v) is 2.51. The van der Waals surface area contributed by atoms with Gasteiger partial charge in [-0.15, -0.1) is 0 Å². The quantitative estimate of drug-likeness (QED) is 0.573. The molecule has 1 saturated heterocycles. The van der Waals surface area contributed by atoms with Crippen LogP contribution in [0, 0.1) is 0 Å². The second-order valence-corrected chi connectivity index (χ2v) is 2.90. The zero-order chi connectivity index (χ0) is 6.69. The van der Waals surface area contributed by atoms with Crippen LogP contribution in [0.1, 0.15) is 6.42 Å². The molecule has 3 heteroatoms. The highest BCUT2D eigenvalue weighted by molar-refractivity contribution is 14.1. The first-order valence-corrected chi connectivity index (χ1v) is 4.17. The van der Waals surface area contributed by atoms with Crippen LogP contribution in [-0.2, 0) is 0 Å². The van der Waals surface area contributed by atoms with Gasteiger partial charge in [-0.25, -0.2) is 0 Å². The van der Waals surface area contributed by atoms with E-state index in [9.17, 15) is 0 Å². The highest BCUT2D eigenvalue weighted by Gasteiger charge is 2.17. The fourth-order valence-electron chi connectivity index (χ4n) is 1.04. The Balaban J connectivity index is 2.28. The SMILES string of the molecule is C=CN1CC[C@H](NI)C1. The second-order valence-electron chi connectivity index (χ2n) is 2.27. The molecular formula is C6H11IN2. The average Bonchev–Trinajstić information content (AvgIpc) is 2.34. The first-order valence-electron chi connectivity index (χ1n) is 3.09. The lowest BCUT2D eigenvalue weighted by Gasteiger charge is -2.10. The van der Waals surface area contributed by atoms with Crippen molar-refractivity contribution in [2.24, 2.45) is 0 Å². The van der Waals surface area contributed by atoms with E-state index in [1.807, 2.05) is 6.20 Å². The summed E-state index contributed by atoms with van der Waals surface area (Å²) in [5, 5.41) is 0. The molecule has 1 rings (SSSR count). The number of nitrogens with zero attached hydrogens (tertiary/aromatic N) is 1. The van der Waals surface area contributed by atoms with E-state index in [4.69, 9.17) is 0 Å². The summed E-state index contributed by atoms with van der Waals surface area (Å²) < 4.78 is 3.21. The van der Waals surface area contributed by atoms with Gasteiger partial charge >= 0.3 is 0 Å². The maximum absolute atomic E-state index is 3.71. The minimum atomic E-state index is 0.670. The van der Waals surface area contributed by atoms with Gasteiger partial charge in [-0.1, -0.05) is 6.58 Å². The molecule has 0 aliphatic carbocycles. The molecule has 9 heavy (non-hydrogen) atoms. The maximum atomic E-state index is 3.71. The number of hydrogen-bond acceptors (Lipinski definition) is 2. The van der Waals surface area contributed by atoms with Gasteiger partial charge in [0.1, 0.15) is 0 Å². The van der Waals surface area contributed by atoms with E-state index in [-0.39, 0.29) is 0 Å². The summed E-state index contributed by atoms with van der Waals surface area (Å²) >= 11 is 2.20. The van der Waals surface area contributed by atoms with E-state index in [1.165, 1.54) is 6.42 Å². The number of rotatable bonds is 2. The van der Waals surface area contributed by atoms with Gasteiger partial charge in [0.15, 0.2) is 0 Å². The van der Waals surface area contributed by atoms with Crippen molar-refractivity contribution in [1.82, 2.24) is 8.43 Å². The largest absolute Gasteiger partial charge is 0.376 e. The Bertz CT molecular complexity index is 105. The molecule has 1 atom stereocenters. The lowest BCUT2D eigenvalue weighted by atomic mass is 10.3. The first-order chi connectivity index (χ1) is 4.36. The molecular weight excluding hydrogens is 227 g/mol. The van der Waals surface area contributed by atoms with Crippen LogP contribution in [-0.4, -0.2) is 24.0 Å². The summed E-state index contributed by atoms with van der Waals surface area (Å²) in [6.45, 7) is 5.98. The third-order valence-electron chi connectivity index (χ3n) is 1.63. The number of halogens is 1.